The van der Waals surface area contributed by atoms with E-state index in [2.05, 4.69) is 24.9 Å². The zero-order chi connectivity index (χ0) is 6.28. The summed E-state index contributed by atoms with van der Waals surface area (Å²) >= 11 is 0. The molecular formula is C5H10N2. The van der Waals surface area contributed by atoms with Crippen LogP contribution in [-0.2, 0) is 0 Å². The molecule has 0 unspecified atom stereocenters. The summed E-state index contributed by atoms with van der Waals surface area (Å²) in [5.41, 5.74) is 0. The third kappa shape index (κ3) is 41.3. The first-order valence-electron chi connectivity index (χ1n) is 1.79. The normalized spacial score (nSPS) is 5.29. The molecule has 2 heteroatoms. The van der Waals surface area contributed by atoms with Gasteiger partial charge in [-0.3, -0.25) is 10.4 Å². The minimum absolute atomic E-state index is 0.269. The van der Waals surface area contributed by atoms with Gasteiger partial charge in [-0.1, -0.05) is 0 Å². The van der Waals surface area contributed by atoms with Crippen molar-refractivity contribution < 1.29 is 0 Å². The Labute approximate surface area is 44.1 Å². The van der Waals surface area contributed by atoms with Crippen molar-refractivity contribution in [2.75, 3.05) is 0 Å². The number of hydrogen-bond donors (Lipinski definition) is 1. The molecule has 0 spiro atoms. The summed E-state index contributed by atoms with van der Waals surface area (Å²) in [7, 11) is 0. The second-order valence-corrected chi connectivity index (χ2v) is 0.744. The Bertz CT molecular complexity index is 66.5. The molecule has 1 N–H and O–H groups in total. The van der Waals surface area contributed by atoms with Crippen LogP contribution in [0, 0.1) is 5.41 Å². The Balaban J connectivity index is 0. The summed E-state index contributed by atoms with van der Waals surface area (Å²) < 4.78 is 0. The van der Waals surface area contributed by atoms with Crippen molar-refractivity contribution in [2.24, 2.45) is 4.99 Å². The summed E-state index contributed by atoms with van der Waals surface area (Å²) in [6, 6.07) is 0. The van der Waals surface area contributed by atoms with E-state index < -0.39 is 0 Å². The lowest BCUT2D eigenvalue weighted by atomic mass is 10.7. The average Bonchev–Trinajstić information content (AvgIpc) is 1.73. The highest BCUT2D eigenvalue weighted by molar-refractivity contribution is 5.80. The van der Waals surface area contributed by atoms with Gasteiger partial charge in [0.05, 0.1) is 0 Å². The Morgan fingerprint density at radius 3 is 1.71 bits per heavy atom. The van der Waals surface area contributed by atoms with Crippen molar-refractivity contribution >= 4 is 12.6 Å². The van der Waals surface area contributed by atoms with Crippen LogP contribution in [-0.4, -0.2) is 12.6 Å². The molecule has 0 aliphatic carbocycles. The van der Waals surface area contributed by atoms with E-state index in [4.69, 9.17) is 5.41 Å². The van der Waals surface area contributed by atoms with Gasteiger partial charge in [-0.15, -0.1) is 13.2 Å². The van der Waals surface area contributed by atoms with Gasteiger partial charge in [0, 0.05) is 0 Å². The number of nitrogens with one attached hydrogen (secondary N) is 1. The molecule has 0 atom stereocenters. The molecule has 2 nitrogen and oxygen atoms in total. The van der Waals surface area contributed by atoms with E-state index in [0.717, 1.165) is 0 Å². The Morgan fingerprint density at radius 2 is 1.71 bits per heavy atom. The van der Waals surface area contributed by atoms with E-state index in [1.54, 1.807) is 6.92 Å². The van der Waals surface area contributed by atoms with E-state index in [-0.39, 0.29) is 5.84 Å². The summed E-state index contributed by atoms with van der Waals surface area (Å²) in [5.74, 6) is 0.269. The number of nitrogens with zero attached hydrogens (tertiary/aromatic N) is 1. The highest BCUT2D eigenvalue weighted by Crippen LogP contribution is 1.60. The topological polar surface area (TPSA) is 36.2 Å². The number of rotatable bonds is 0. The van der Waals surface area contributed by atoms with E-state index in [9.17, 15) is 0 Å². The van der Waals surface area contributed by atoms with Crippen molar-refractivity contribution in [1.82, 2.24) is 0 Å². The zero-order valence-electron chi connectivity index (χ0n) is 4.57. The van der Waals surface area contributed by atoms with Crippen molar-refractivity contribution in [3.05, 3.63) is 13.2 Å². The van der Waals surface area contributed by atoms with Gasteiger partial charge in [0.25, 0.3) is 0 Å². The van der Waals surface area contributed by atoms with Crippen LogP contribution in [0.15, 0.2) is 18.2 Å². The van der Waals surface area contributed by atoms with Crippen LogP contribution in [0.4, 0.5) is 0 Å². The first-order valence-corrected chi connectivity index (χ1v) is 1.79. The molecule has 0 aliphatic rings. The quantitative estimate of drug-likeness (QED) is 0.271. The molecule has 0 fully saturated rings. The molecular weight excluding hydrogens is 88.1 g/mol. The smallest absolute Gasteiger partial charge is 0.116 e. The van der Waals surface area contributed by atoms with Crippen LogP contribution in [0.3, 0.4) is 0 Å². The van der Waals surface area contributed by atoms with Gasteiger partial charge < -0.3 is 0 Å². The fourth-order valence-corrected chi connectivity index (χ4v) is 0. The first-order chi connectivity index (χ1) is 3.27. The SMILES string of the molecule is C=C.C=NC(C)=N. The molecule has 0 heterocycles. The summed E-state index contributed by atoms with van der Waals surface area (Å²) in [6.45, 7) is 10.7. The maximum absolute atomic E-state index is 6.51. The van der Waals surface area contributed by atoms with Gasteiger partial charge in [0.2, 0.25) is 0 Å². The monoisotopic (exact) mass is 98.1 g/mol. The second kappa shape index (κ2) is 8.91. The first kappa shape index (κ1) is 9.43. The van der Waals surface area contributed by atoms with Crippen molar-refractivity contribution in [3.8, 4) is 0 Å². The predicted octanol–water partition coefficient (Wildman–Crippen LogP) is 1.49. The largest absolute Gasteiger partial charge is 0.287 e. The molecule has 0 aromatic carbocycles. The maximum atomic E-state index is 6.51. The number of hydrogen-bond acceptors (Lipinski definition) is 1. The van der Waals surface area contributed by atoms with Gasteiger partial charge in [-0.2, -0.15) is 0 Å². The lowest BCUT2D eigenvalue weighted by molar-refractivity contribution is 1.43. The lowest BCUT2D eigenvalue weighted by Crippen LogP contribution is -1.73. The number of amidine groups is 1. The molecule has 0 radical (unpaired) electrons. The van der Waals surface area contributed by atoms with Gasteiger partial charge in [-0.25, -0.2) is 0 Å². The molecule has 0 aromatic rings. The molecule has 7 heavy (non-hydrogen) atoms. The van der Waals surface area contributed by atoms with Crippen LogP contribution in [0.5, 0.6) is 0 Å². The molecule has 0 amide bonds. The van der Waals surface area contributed by atoms with Gasteiger partial charge in [-0.05, 0) is 13.6 Å². The van der Waals surface area contributed by atoms with Crippen LogP contribution >= 0.6 is 0 Å². The van der Waals surface area contributed by atoms with Gasteiger partial charge in [0.1, 0.15) is 5.84 Å². The van der Waals surface area contributed by atoms with Crippen LogP contribution < -0.4 is 0 Å². The Morgan fingerprint density at radius 1 is 1.57 bits per heavy atom. The summed E-state index contributed by atoms with van der Waals surface area (Å²) in [5, 5.41) is 6.51. The van der Waals surface area contributed by atoms with E-state index in [1.165, 1.54) is 0 Å². The maximum Gasteiger partial charge on any atom is 0.116 e. The molecule has 0 saturated heterocycles. The molecule has 0 saturated carbocycles. The predicted molar refractivity (Wildman–Crippen MR) is 34.2 cm³/mol. The third-order valence-corrected chi connectivity index (χ3v) is 0.237. The van der Waals surface area contributed by atoms with E-state index >= 15 is 0 Å². The fraction of sp³-hybridized carbons (Fsp3) is 0.200. The van der Waals surface area contributed by atoms with Crippen molar-refractivity contribution in [1.29, 1.82) is 5.41 Å². The molecule has 0 aromatic heterocycles. The van der Waals surface area contributed by atoms with E-state index in [1.807, 2.05) is 0 Å². The zero-order valence-corrected chi connectivity index (χ0v) is 4.57. The Hall–Kier alpha value is -0.920. The number of aliphatic imine (C=N–C) groups is 1. The van der Waals surface area contributed by atoms with E-state index in [0.29, 0.717) is 0 Å². The van der Waals surface area contributed by atoms with Gasteiger partial charge >= 0.3 is 0 Å². The standard InChI is InChI=1S/C3H6N2.C2H4/c1-3(4)5-2;1-2/h4H,2H2,1H3;1-2H2. The second-order valence-electron chi connectivity index (χ2n) is 0.744. The molecule has 40 valence electrons. The van der Waals surface area contributed by atoms with Crippen molar-refractivity contribution in [3.63, 3.8) is 0 Å². The van der Waals surface area contributed by atoms with Gasteiger partial charge in [0.15, 0.2) is 0 Å². The summed E-state index contributed by atoms with van der Waals surface area (Å²) in [6.07, 6.45) is 0. The molecule has 0 bridgehead atoms. The third-order valence-electron chi connectivity index (χ3n) is 0.237. The lowest BCUT2D eigenvalue weighted by Gasteiger charge is -1.70. The minimum atomic E-state index is 0.269. The van der Waals surface area contributed by atoms with Crippen LogP contribution in [0.1, 0.15) is 6.92 Å². The fourth-order valence-electron chi connectivity index (χ4n) is 0. The highest BCUT2D eigenvalue weighted by atomic mass is 14.8. The molecule has 0 rings (SSSR count). The molecule has 0 aliphatic heterocycles. The van der Waals surface area contributed by atoms with Crippen molar-refractivity contribution in [2.45, 2.75) is 6.92 Å². The van der Waals surface area contributed by atoms with Crippen LogP contribution in [0.25, 0.3) is 0 Å². The highest BCUT2D eigenvalue weighted by Gasteiger charge is 1.63. The summed E-state index contributed by atoms with van der Waals surface area (Å²) in [4.78, 5) is 3.22. The minimum Gasteiger partial charge on any atom is -0.287 e. The Kier molecular flexibility index (Phi) is 12.0. The van der Waals surface area contributed by atoms with Crippen LogP contribution in [0.2, 0.25) is 0 Å². The average molecular weight is 98.1 g/mol.